The maximum Gasteiger partial charge on any atom is 0.270 e. The zero-order valence-corrected chi connectivity index (χ0v) is 14.2. The maximum absolute atomic E-state index is 12.6. The Balaban J connectivity index is 1.80. The van der Waals surface area contributed by atoms with Gasteiger partial charge in [-0.15, -0.1) is 0 Å². The van der Waals surface area contributed by atoms with Crippen LogP contribution in [-0.4, -0.2) is 21.6 Å². The number of nitrogens with zero attached hydrogens (tertiary/aromatic N) is 2. The molecule has 2 heterocycles. The van der Waals surface area contributed by atoms with Crippen molar-refractivity contribution in [2.24, 2.45) is 13.0 Å². The summed E-state index contributed by atoms with van der Waals surface area (Å²) in [5.41, 5.74) is 3.09. The first kappa shape index (κ1) is 16.2. The Bertz CT molecular complexity index is 779. The summed E-state index contributed by atoms with van der Waals surface area (Å²) >= 11 is 0. The van der Waals surface area contributed by atoms with Gasteiger partial charge in [-0.2, -0.15) is 5.10 Å². The number of carbonyl (C=O) groups is 2. The van der Waals surface area contributed by atoms with Gasteiger partial charge in [-0.3, -0.25) is 14.3 Å². The van der Waals surface area contributed by atoms with Crippen LogP contribution in [-0.2, 0) is 18.3 Å². The number of rotatable bonds is 4. The number of carbonyl (C=O) groups excluding carboxylic acids is 2. The summed E-state index contributed by atoms with van der Waals surface area (Å²) in [4.78, 5) is 24.5. The molecule has 6 heteroatoms. The van der Waals surface area contributed by atoms with E-state index in [1.807, 2.05) is 30.3 Å². The highest BCUT2D eigenvalue weighted by molar-refractivity contribution is 5.97. The predicted octanol–water partition coefficient (Wildman–Crippen LogP) is 2.43. The van der Waals surface area contributed by atoms with Gasteiger partial charge in [-0.05, 0) is 30.0 Å². The maximum atomic E-state index is 12.6. The van der Waals surface area contributed by atoms with Crippen molar-refractivity contribution in [2.45, 2.75) is 32.7 Å². The van der Waals surface area contributed by atoms with Crippen LogP contribution in [0.3, 0.4) is 0 Å². The number of aromatic nitrogens is 2. The van der Waals surface area contributed by atoms with E-state index in [-0.39, 0.29) is 24.3 Å². The van der Waals surface area contributed by atoms with Crippen molar-refractivity contribution in [3.8, 4) is 0 Å². The number of para-hydroxylation sites is 1. The van der Waals surface area contributed by atoms with E-state index >= 15 is 0 Å². The van der Waals surface area contributed by atoms with E-state index in [9.17, 15) is 9.59 Å². The minimum atomic E-state index is -0.328. The molecule has 1 atom stereocenters. The average molecular weight is 326 g/mol. The first-order chi connectivity index (χ1) is 11.4. The molecule has 0 fully saturated rings. The van der Waals surface area contributed by atoms with Gasteiger partial charge in [-0.1, -0.05) is 32.0 Å². The molecule has 0 bridgehead atoms. The molecule has 1 aliphatic rings. The van der Waals surface area contributed by atoms with E-state index in [0.717, 1.165) is 23.4 Å². The molecule has 0 saturated carbocycles. The Morgan fingerprint density at radius 1 is 1.42 bits per heavy atom. The van der Waals surface area contributed by atoms with E-state index in [2.05, 4.69) is 29.6 Å². The van der Waals surface area contributed by atoms with Crippen molar-refractivity contribution in [3.63, 3.8) is 0 Å². The third-order valence-corrected chi connectivity index (χ3v) is 4.09. The second-order valence-corrected chi connectivity index (χ2v) is 6.61. The Kier molecular flexibility index (Phi) is 4.38. The predicted molar refractivity (Wildman–Crippen MR) is 91.6 cm³/mol. The van der Waals surface area contributed by atoms with Crippen LogP contribution >= 0.6 is 0 Å². The van der Waals surface area contributed by atoms with Gasteiger partial charge in [0.1, 0.15) is 5.69 Å². The number of hydrogen-bond donors (Lipinski definition) is 2. The van der Waals surface area contributed by atoms with Crippen molar-refractivity contribution in [1.82, 2.24) is 15.1 Å². The minimum Gasteiger partial charge on any atom is -0.343 e. The number of fused-ring (bicyclic) bond motifs is 1. The van der Waals surface area contributed by atoms with Crippen LogP contribution in [0.5, 0.6) is 0 Å². The Hall–Kier alpha value is -2.63. The minimum absolute atomic E-state index is 0.0931. The fourth-order valence-electron chi connectivity index (χ4n) is 3.03. The normalized spacial score (nSPS) is 16.7. The molecule has 0 aliphatic carbocycles. The van der Waals surface area contributed by atoms with E-state index in [4.69, 9.17) is 0 Å². The Labute approximate surface area is 141 Å². The SMILES string of the molecule is CC(C)Cc1cc(C(=O)N[C@H]2CC(=O)Nc3ccccc32)n(C)n1. The van der Waals surface area contributed by atoms with E-state index in [1.54, 1.807) is 11.7 Å². The molecule has 2 aromatic rings. The average Bonchev–Trinajstić information content (AvgIpc) is 2.86. The van der Waals surface area contributed by atoms with Crippen molar-refractivity contribution in [3.05, 3.63) is 47.3 Å². The number of amides is 2. The van der Waals surface area contributed by atoms with Crippen LogP contribution < -0.4 is 10.6 Å². The van der Waals surface area contributed by atoms with Crippen molar-refractivity contribution < 1.29 is 9.59 Å². The summed E-state index contributed by atoms with van der Waals surface area (Å²) in [6.45, 7) is 4.23. The van der Waals surface area contributed by atoms with Crippen molar-refractivity contribution in [1.29, 1.82) is 0 Å². The lowest BCUT2D eigenvalue weighted by Gasteiger charge is -2.26. The van der Waals surface area contributed by atoms with Crippen LogP contribution in [0.15, 0.2) is 30.3 Å². The van der Waals surface area contributed by atoms with Crippen LogP contribution in [0.4, 0.5) is 5.69 Å². The summed E-state index contributed by atoms with van der Waals surface area (Å²) in [5.74, 6) is 0.170. The first-order valence-corrected chi connectivity index (χ1v) is 8.16. The molecule has 0 saturated heterocycles. The van der Waals surface area contributed by atoms with Crippen LogP contribution in [0.2, 0.25) is 0 Å². The summed E-state index contributed by atoms with van der Waals surface area (Å²) in [6.07, 6.45) is 1.06. The quantitative estimate of drug-likeness (QED) is 0.906. The van der Waals surface area contributed by atoms with Gasteiger partial charge in [0.15, 0.2) is 0 Å². The number of anilines is 1. The van der Waals surface area contributed by atoms with Crippen LogP contribution in [0.25, 0.3) is 0 Å². The molecule has 2 N–H and O–H groups in total. The smallest absolute Gasteiger partial charge is 0.270 e. The summed E-state index contributed by atoms with van der Waals surface area (Å²) < 4.78 is 1.60. The monoisotopic (exact) mass is 326 g/mol. The summed E-state index contributed by atoms with van der Waals surface area (Å²) in [6, 6.07) is 9.03. The molecule has 6 nitrogen and oxygen atoms in total. The third kappa shape index (κ3) is 3.32. The zero-order chi connectivity index (χ0) is 17.3. The molecule has 3 rings (SSSR count). The zero-order valence-electron chi connectivity index (χ0n) is 14.2. The molecule has 0 spiro atoms. The molecule has 1 aromatic heterocycles. The lowest BCUT2D eigenvalue weighted by atomic mass is 9.97. The summed E-state index contributed by atoms with van der Waals surface area (Å²) in [5, 5.41) is 10.2. The standard InChI is InChI=1S/C18H22N4O2/c1-11(2)8-12-9-16(22(3)21-12)18(24)20-15-10-17(23)19-14-7-5-4-6-13(14)15/h4-7,9,11,15H,8,10H2,1-3H3,(H,19,23)(H,20,24)/t15-/m0/s1. The lowest BCUT2D eigenvalue weighted by Crippen LogP contribution is -2.35. The van der Waals surface area contributed by atoms with E-state index in [1.165, 1.54) is 0 Å². The number of benzene rings is 1. The third-order valence-electron chi connectivity index (χ3n) is 4.09. The fourth-order valence-corrected chi connectivity index (χ4v) is 3.03. The molecular weight excluding hydrogens is 304 g/mol. The van der Waals surface area contributed by atoms with Gasteiger partial charge in [0.05, 0.1) is 18.2 Å². The molecule has 1 aliphatic heterocycles. The molecule has 2 amide bonds. The van der Waals surface area contributed by atoms with Gasteiger partial charge >= 0.3 is 0 Å². The highest BCUT2D eigenvalue weighted by Gasteiger charge is 2.27. The second kappa shape index (κ2) is 6.47. The number of aryl methyl sites for hydroxylation is 1. The van der Waals surface area contributed by atoms with Crippen molar-refractivity contribution >= 4 is 17.5 Å². The second-order valence-electron chi connectivity index (χ2n) is 6.61. The highest BCUT2D eigenvalue weighted by atomic mass is 16.2. The fraction of sp³-hybridized carbons (Fsp3) is 0.389. The Morgan fingerprint density at radius 3 is 2.92 bits per heavy atom. The number of nitrogens with one attached hydrogen (secondary N) is 2. The largest absolute Gasteiger partial charge is 0.343 e. The highest BCUT2D eigenvalue weighted by Crippen LogP contribution is 2.30. The summed E-state index contributed by atoms with van der Waals surface area (Å²) in [7, 11) is 1.76. The van der Waals surface area contributed by atoms with E-state index in [0.29, 0.717) is 11.6 Å². The molecule has 126 valence electrons. The Morgan fingerprint density at radius 2 is 2.17 bits per heavy atom. The molecular formula is C18H22N4O2. The first-order valence-electron chi connectivity index (χ1n) is 8.16. The molecule has 1 aromatic carbocycles. The van der Waals surface area contributed by atoms with Gasteiger partial charge in [-0.25, -0.2) is 0 Å². The van der Waals surface area contributed by atoms with Crippen LogP contribution in [0.1, 0.15) is 48.1 Å². The molecule has 24 heavy (non-hydrogen) atoms. The van der Waals surface area contributed by atoms with E-state index < -0.39 is 0 Å². The molecule has 0 radical (unpaired) electrons. The van der Waals surface area contributed by atoms with Gasteiger partial charge in [0.2, 0.25) is 5.91 Å². The van der Waals surface area contributed by atoms with Crippen LogP contribution in [0, 0.1) is 5.92 Å². The topological polar surface area (TPSA) is 76.0 Å². The van der Waals surface area contributed by atoms with Gasteiger partial charge in [0.25, 0.3) is 5.91 Å². The lowest BCUT2D eigenvalue weighted by molar-refractivity contribution is -0.116. The molecule has 0 unspecified atom stereocenters. The van der Waals surface area contributed by atoms with Gasteiger partial charge < -0.3 is 10.6 Å². The number of hydrogen-bond acceptors (Lipinski definition) is 3. The van der Waals surface area contributed by atoms with Gasteiger partial charge in [0, 0.05) is 12.7 Å². The van der Waals surface area contributed by atoms with Crippen molar-refractivity contribution in [2.75, 3.05) is 5.32 Å².